The van der Waals surface area contributed by atoms with Gasteiger partial charge in [0, 0.05) is 10.0 Å². The van der Waals surface area contributed by atoms with Gasteiger partial charge in [-0.2, -0.15) is 4.37 Å². The number of rotatable bonds is 1. The van der Waals surface area contributed by atoms with Crippen molar-refractivity contribution in [1.29, 1.82) is 0 Å². The minimum atomic E-state index is 0.647. The molecule has 5 heteroatoms. The van der Waals surface area contributed by atoms with Gasteiger partial charge < -0.3 is 0 Å². The Morgan fingerprint density at radius 1 is 0.941 bits per heavy atom. The molecule has 2 nitrogen and oxygen atoms in total. The van der Waals surface area contributed by atoms with Gasteiger partial charge in [-0.05, 0) is 56.4 Å². The lowest BCUT2D eigenvalue weighted by atomic mass is 10.1. The number of hydrogen-bond donors (Lipinski definition) is 0. The number of benzene rings is 2. The fraction of sp³-hybridized carbons (Fsp3) is 0. The van der Waals surface area contributed by atoms with E-state index in [9.17, 15) is 0 Å². The molecular weight excluding hydrogens is 364 g/mol. The zero-order valence-corrected chi connectivity index (χ0v) is 12.5. The first-order valence-corrected chi connectivity index (χ1v) is 7.27. The van der Waals surface area contributed by atoms with Gasteiger partial charge in [0.15, 0.2) is 0 Å². The van der Waals surface area contributed by atoms with Gasteiger partial charge in [0.2, 0.25) is 4.73 Å². The quantitative estimate of drug-likeness (QED) is 0.610. The Labute approximate surface area is 119 Å². The number of aromatic nitrogens is 2. The molecule has 0 bridgehead atoms. The zero-order chi connectivity index (χ0) is 11.8. The first kappa shape index (κ1) is 11.3. The monoisotopic (exact) mass is 368 g/mol. The lowest BCUT2D eigenvalue weighted by Gasteiger charge is -2.01. The van der Waals surface area contributed by atoms with Crippen molar-refractivity contribution in [2.24, 2.45) is 0 Å². The number of halogens is 2. The highest BCUT2D eigenvalue weighted by molar-refractivity contribution is 9.10. The van der Waals surface area contributed by atoms with Crippen LogP contribution in [0.25, 0.3) is 21.3 Å². The highest BCUT2D eigenvalue weighted by Gasteiger charge is 2.05. The molecule has 0 aliphatic heterocycles. The molecule has 0 aliphatic rings. The molecule has 0 aliphatic carbocycles. The second-order valence-electron chi connectivity index (χ2n) is 3.57. The molecule has 17 heavy (non-hydrogen) atoms. The van der Waals surface area contributed by atoms with Crippen LogP contribution in [0.2, 0.25) is 0 Å². The van der Waals surface area contributed by atoms with Crippen molar-refractivity contribution in [2.45, 2.75) is 0 Å². The summed E-state index contributed by atoms with van der Waals surface area (Å²) in [6, 6.07) is 12.6. The van der Waals surface area contributed by atoms with Crippen molar-refractivity contribution in [1.82, 2.24) is 9.36 Å². The molecule has 0 spiro atoms. The van der Waals surface area contributed by atoms with Gasteiger partial charge in [0.25, 0.3) is 0 Å². The Morgan fingerprint density at radius 2 is 1.71 bits per heavy atom. The third-order valence-corrected chi connectivity index (χ3v) is 4.30. The fourth-order valence-electron chi connectivity index (χ4n) is 1.67. The lowest BCUT2D eigenvalue weighted by Crippen LogP contribution is -1.78. The molecule has 0 amide bonds. The van der Waals surface area contributed by atoms with Crippen LogP contribution in [0, 0.1) is 0 Å². The SMILES string of the molecule is Brc1ccc2cc(-c3nc(Br)ns3)ccc2c1. The molecule has 0 radical (unpaired) electrons. The molecule has 0 fully saturated rings. The van der Waals surface area contributed by atoms with Crippen molar-refractivity contribution in [3.63, 3.8) is 0 Å². The van der Waals surface area contributed by atoms with Crippen molar-refractivity contribution >= 4 is 54.2 Å². The lowest BCUT2D eigenvalue weighted by molar-refractivity contribution is 1.26. The van der Waals surface area contributed by atoms with Gasteiger partial charge in [-0.3, -0.25) is 0 Å². The number of fused-ring (bicyclic) bond motifs is 1. The Morgan fingerprint density at radius 3 is 2.47 bits per heavy atom. The van der Waals surface area contributed by atoms with E-state index in [-0.39, 0.29) is 0 Å². The maximum absolute atomic E-state index is 4.32. The van der Waals surface area contributed by atoms with Crippen molar-refractivity contribution in [2.75, 3.05) is 0 Å². The van der Waals surface area contributed by atoms with Crippen LogP contribution in [0.3, 0.4) is 0 Å². The summed E-state index contributed by atoms with van der Waals surface area (Å²) in [5.74, 6) is 0. The average molecular weight is 370 g/mol. The summed E-state index contributed by atoms with van der Waals surface area (Å²) in [7, 11) is 0. The molecule has 0 saturated heterocycles. The first-order valence-electron chi connectivity index (χ1n) is 4.91. The third kappa shape index (κ3) is 2.27. The van der Waals surface area contributed by atoms with Gasteiger partial charge in [-0.25, -0.2) is 4.98 Å². The largest absolute Gasteiger partial charge is 0.209 e. The van der Waals surface area contributed by atoms with Crippen LogP contribution < -0.4 is 0 Å². The van der Waals surface area contributed by atoms with Crippen LogP contribution >= 0.6 is 43.4 Å². The third-order valence-electron chi connectivity index (χ3n) is 2.45. The molecule has 84 valence electrons. The van der Waals surface area contributed by atoms with E-state index in [1.165, 1.54) is 22.3 Å². The van der Waals surface area contributed by atoms with E-state index in [0.717, 1.165) is 15.0 Å². The molecule has 0 N–H and O–H groups in total. The van der Waals surface area contributed by atoms with E-state index in [4.69, 9.17) is 0 Å². The molecule has 3 rings (SSSR count). The van der Waals surface area contributed by atoms with Crippen molar-refractivity contribution < 1.29 is 0 Å². The second-order valence-corrected chi connectivity index (χ2v) is 5.95. The maximum Gasteiger partial charge on any atom is 0.209 e. The van der Waals surface area contributed by atoms with E-state index in [1.807, 2.05) is 6.07 Å². The first-order chi connectivity index (χ1) is 8.22. The van der Waals surface area contributed by atoms with E-state index in [0.29, 0.717) is 4.73 Å². The minimum Gasteiger partial charge on any atom is -0.209 e. The molecular formula is C12H6Br2N2S. The second kappa shape index (κ2) is 4.48. The standard InChI is InChI=1S/C12H6Br2N2S/c13-10-4-3-7-5-9(2-1-8(7)6-10)11-15-12(14)16-17-11/h1-6H. The summed E-state index contributed by atoms with van der Waals surface area (Å²) in [6.45, 7) is 0. The summed E-state index contributed by atoms with van der Waals surface area (Å²) in [5.41, 5.74) is 1.10. The summed E-state index contributed by atoms with van der Waals surface area (Å²) >= 11 is 8.14. The van der Waals surface area contributed by atoms with Crippen LogP contribution in [0.15, 0.2) is 45.6 Å². The van der Waals surface area contributed by atoms with Crippen LogP contribution in [0.1, 0.15) is 0 Å². The highest BCUT2D eigenvalue weighted by Crippen LogP contribution is 2.28. The average Bonchev–Trinajstić information content (AvgIpc) is 2.75. The highest BCUT2D eigenvalue weighted by atomic mass is 79.9. The molecule has 3 aromatic rings. The summed E-state index contributed by atoms with van der Waals surface area (Å²) in [5, 5.41) is 3.35. The molecule has 0 atom stereocenters. The molecule has 0 unspecified atom stereocenters. The maximum atomic E-state index is 4.32. The molecule has 1 heterocycles. The van der Waals surface area contributed by atoms with Gasteiger partial charge in [0.1, 0.15) is 5.01 Å². The predicted molar refractivity (Wildman–Crippen MR) is 78.3 cm³/mol. The Kier molecular flexibility index (Phi) is 2.98. The topological polar surface area (TPSA) is 25.8 Å². The van der Waals surface area contributed by atoms with E-state index < -0.39 is 0 Å². The van der Waals surface area contributed by atoms with Gasteiger partial charge in [0.05, 0.1) is 0 Å². The molecule has 1 aromatic heterocycles. The summed E-state index contributed by atoms with van der Waals surface area (Å²) < 4.78 is 5.87. The van der Waals surface area contributed by atoms with Gasteiger partial charge in [-0.15, -0.1) is 0 Å². The Balaban J connectivity index is 2.16. The smallest absolute Gasteiger partial charge is 0.209 e. The van der Waals surface area contributed by atoms with Crippen molar-refractivity contribution in [3.05, 3.63) is 45.6 Å². The molecule has 0 saturated carbocycles. The summed E-state index contributed by atoms with van der Waals surface area (Å²) in [6.07, 6.45) is 0. The number of nitrogens with zero attached hydrogens (tertiary/aromatic N) is 2. The summed E-state index contributed by atoms with van der Waals surface area (Å²) in [4.78, 5) is 4.32. The van der Waals surface area contributed by atoms with Crippen LogP contribution in [0.4, 0.5) is 0 Å². The van der Waals surface area contributed by atoms with Crippen LogP contribution in [0.5, 0.6) is 0 Å². The van der Waals surface area contributed by atoms with Crippen LogP contribution in [-0.4, -0.2) is 9.36 Å². The van der Waals surface area contributed by atoms with Crippen LogP contribution in [-0.2, 0) is 0 Å². The molecule has 2 aromatic carbocycles. The van der Waals surface area contributed by atoms with Crippen molar-refractivity contribution in [3.8, 4) is 10.6 Å². The van der Waals surface area contributed by atoms with Gasteiger partial charge in [-0.1, -0.05) is 34.1 Å². The Hall–Kier alpha value is -0.780. The minimum absolute atomic E-state index is 0.647. The Bertz CT molecular complexity index is 694. The van der Waals surface area contributed by atoms with E-state index in [1.54, 1.807) is 0 Å². The number of hydrogen-bond acceptors (Lipinski definition) is 3. The fourth-order valence-corrected chi connectivity index (χ4v) is 3.13. The van der Waals surface area contributed by atoms with E-state index in [2.05, 4.69) is 71.5 Å². The van der Waals surface area contributed by atoms with E-state index >= 15 is 0 Å². The predicted octanol–water partition coefficient (Wildman–Crippen LogP) is 4.88. The van der Waals surface area contributed by atoms with Gasteiger partial charge >= 0.3 is 0 Å². The zero-order valence-electron chi connectivity index (χ0n) is 8.52. The normalized spacial score (nSPS) is 10.9.